The summed E-state index contributed by atoms with van der Waals surface area (Å²) in [5.41, 5.74) is 2.88. The highest BCUT2D eigenvalue weighted by molar-refractivity contribution is 5.94. The van der Waals surface area contributed by atoms with Crippen molar-refractivity contribution in [3.63, 3.8) is 0 Å². The Morgan fingerprint density at radius 1 is 1.27 bits per heavy atom. The van der Waals surface area contributed by atoms with Gasteiger partial charge in [0.15, 0.2) is 5.69 Å². The average molecular weight is 379 g/mol. The van der Waals surface area contributed by atoms with Gasteiger partial charge in [0.05, 0.1) is 0 Å². The molecular weight excluding hydrogens is 355 g/mol. The molecule has 1 aliphatic heterocycles. The molecule has 26 heavy (non-hydrogen) atoms. The molecule has 0 radical (unpaired) electrons. The Balaban J connectivity index is 0.00000196. The lowest BCUT2D eigenvalue weighted by Crippen LogP contribution is -2.57. The average Bonchev–Trinajstić information content (AvgIpc) is 3.20. The molecule has 1 aromatic carbocycles. The lowest BCUT2D eigenvalue weighted by Gasteiger charge is -2.38. The molecule has 0 spiro atoms. The summed E-state index contributed by atoms with van der Waals surface area (Å²) in [6, 6.07) is 6.96. The van der Waals surface area contributed by atoms with Crippen LogP contribution >= 0.6 is 12.4 Å². The fourth-order valence-electron chi connectivity index (χ4n) is 3.91. The number of nitrogens with zero attached hydrogens (tertiary/aromatic N) is 3. The minimum Gasteiger partial charge on any atom is -0.332 e. The first-order valence-electron chi connectivity index (χ1n) is 8.98. The second-order valence-corrected chi connectivity index (χ2v) is 6.97. The van der Waals surface area contributed by atoms with Gasteiger partial charge >= 0.3 is 0 Å². The van der Waals surface area contributed by atoms with Crippen molar-refractivity contribution < 1.29 is 9.18 Å². The molecule has 1 amide bonds. The molecule has 140 valence electrons. The fourth-order valence-corrected chi connectivity index (χ4v) is 3.91. The van der Waals surface area contributed by atoms with Crippen LogP contribution in [0.3, 0.4) is 0 Å². The van der Waals surface area contributed by atoms with Crippen molar-refractivity contribution in [1.29, 1.82) is 0 Å². The molecule has 4 rings (SSSR count). The third-order valence-electron chi connectivity index (χ3n) is 5.51. The maximum atomic E-state index is 14.3. The lowest BCUT2D eigenvalue weighted by molar-refractivity contribution is 0.0595. The number of nitrogens with one attached hydrogen (secondary N) is 1. The number of amides is 1. The predicted octanol–water partition coefficient (Wildman–Crippen LogP) is 2.74. The molecule has 1 aromatic heterocycles. The number of hydrogen-bond donors (Lipinski definition) is 1. The number of piperazine rings is 1. The monoisotopic (exact) mass is 378 g/mol. The predicted molar refractivity (Wildman–Crippen MR) is 101 cm³/mol. The van der Waals surface area contributed by atoms with Gasteiger partial charge in [-0.25, -0.2) is 9.07 Å². The number of carbonyl (C=O) groups is 1. The van der Waals surface area contributed by atoms with Crippen molar-refractivity contribution >= 4 is 18.3 Å². The van der Waals surface area contributed by atoms with Crippen LogP contribution in [0.15, 0.2) is 24.3 Å². The Morgan fingerprint density at radius 3 is 2.81 bits per heavy atom. The van der Waals surface area contributed by atoms with Gasteiger partial charge in [0.1, 0.15) is 11.5 Å². The fraction of sp³-hybridized carbons (Fsp3) is 0.474. The Bertz CT molecular complexity index is 822. The maximum absolute atomic E-state index is 14.3. The summed E-state index contributed by atoms with van der Waals surface area (Å²) in [6.07, 6.45) is 2.65. The zero-order valence-electron chi connectivity index (χ0n) is 15.0. The van der Waals surface area contributed by atoms with E-state index in [9.17, 15) is 9.18 Å². The van der Waals surface area contributed by atoms with E-state index in [-0.39, 0.29) is 36.2 Å². The molecule has 1 saturated heterocycles. The molecule has 1 N–H and O–H groups in total. The molecule has 7 heteroatoms. The van der Waals surface area contributed by atoms with E-state index in [0.29, 0.717) is 17.9 Å². The second kappa shape index (κ2) is 7.37. The second-order valence-electron chi connectivity index (χ2n) is 6.97. The smallest absolute Gasteiger partial charge is 0.275 e. The number of fused-ring (bicyclic) bond motifs is 1. The van der Waals surface area contributed by atoms with E-state index in [0.717, 1.165) is 37.1 Å². The van der Waals surface area contributed by atoms with Gasteiger partial charge < -0.3 is 10.2 Å². The van der Waals surface area contributed by atoms with Crippen LogP contribution in [-0.2, 0) is 12.8 Å². The van der Waals surface area contributed by atoms with Gasteiger partial charge in [0.25, 0.3) is 5.91 Å². The summed E-state index contributed by atoms with van der Waals surface area (Å²) in [5.74, 6) is -0.350. The van der Waals surface area contributed by atoms with Crippen molar-refractivity contribution in [1.82, 2.24) is 20.0 Å². The third-order valence-corrected chi connectivity index (χ3v) is 5.51. The molecule has 2 heterocycles. The summed E-state index contributed by atoms with van der Waals surface area (Å²) >= 11 is 0. The van der Waals surface area contributed by atoms with E-state index < -0.39 is 0 Å². The molecule has 2 aromatic rings. The van der Waals surface area contributed by atoms with Gasteiger partial charge in [-0.05, 0) is 45.2 Å². The van der Waals surface area contributed by atoms with E-state index >= 15 is 0 Å². The maximum Gasteiger partial charge on any atom is 0.275 e. The molecule has 0 saturated carbocycles. The lowest BCUT2D eigenvalue weighted by atomic mass is 10.1. The van der Waals surface area contributed by atoms with Crippen LogP contribution < -0.4 is 5.32 Å². The quantitative estimate of drug-likeness (QED) is 0.874. The molecular formula is C19H24ClFN4O. The van der Waals surface area contributed by atoms with Crippen molar-refractivity contribution in [3.8, 4) is 5.69 Å². The van der Waals surface area contributed by atoms with E-state index in [1.165, 1.54) is 6.07 Å². The van der Waals surface area contributed by atoms with E-state index in [1.807, 2.05) is 4.90 Å². The van der Waals surface area contributed by atoms with Gasteiger partial charge in [-0.2, -0.15) is 5.10 Å². The highest BCUT2D eigenvalue weighted by atomic mass is 35.5. The number of benzene rings is 1. The minimum absolute atomic E-state index is 0. The SMILES string of the molecule is CC1NCCN(C(=O)c2nn(-c3ccccc3F)c3c2CCC3)C1C.Cl. The number of para-hydroxylation sites is 1. The van der Waals surface area contributed by atoms with Gasteiger partial charge in [-0.15, -0.1) is 12.4 Å². The summed E-state index contributed by atoms with van der Waals surface area (Å²) in [5, 5.41) is 7.95. The largest absolute Gasteiger partial charge is 0.332 e. The van der Waals surface area contributed by atoms with Gasteiger partial charge in [0, 0.05) is 36.4 Å². The first-order chi connectivity index (χ1) is 12.1. The van der Waals surface area contributed by atoms with Crippen LogP contribution in [0.25, 0.3) is 5.69 Å². The Labute approximate surface area is 159 Å². The topological polar surface area (TPSA) is 50.2 Å². The number of rotatable bonds is 2. The normalized spacial score (nSPS) is 22.0. The van der Waals surface area contributed by atoms with Crippen LogP contribution in [0.2, 0.25) is 0 Å². The summed E-state index contributed by atoms with van der Waals surface area (Å²) in [4.78, 5) is 15.1. The third kappa shape index (κ3) is 3.01. The van der Waals surface area contributed by atoms with E-state index in [1.54, 1.807) is 22.9 Å². The van der Waals surface area contributed by atoms with Gasteiger partial charge in [-0.3, -0.25) is 4.79 Å². The number of halogens is 2. The van der Waals surface area contributed by atoms with Gasteiger partial charge in [-0.1, -0.05) is 12.1 Å². The number of hydrogen-bond acceptors (Lipinski definition) is 3. The van der Waals surface area contributed by atoms with Crippen molar-refractivity contribution in [2.24, 2.45) is 0 Å². The van der Waals surface area contributed by atoms with Gasteiger partial charge in [0.2, 0.25) is 0 Å². The standard InChI is InChI=1S/C19H23FN4O.ClH/c1-12-13(2)23(11-10-21-12)19(25)18-14-6-5-9-16(14)24(22-18)17-8-4-3-7-15(17)20;/h3-4,7-8,12-13,21H,5-6,9-11H2,1-2H3;1H. The highest BCUT2D eigenvalue weighted by Crippen LogP contribution is 2.30. The van der Waals surface area contributed by atoms with Crippen LogP contribution in [-0.4, -0.2) is 45.8 Å². The molecule has 2 atom stereocenters. The molecule has 2 aliphatic rings. The first-order valence-corrected chi connectivity index (χ1v) is 8.98. The minimum atomic E-state index is -0.317. The van der Waals surface area contributed by atoms with Crippen molar-refractivity contribution in [2.75, 3.05) is 13.1 Å². The van der Waals surface area contributed by atoms with Crippen molar-refractivity contribution in [2.45, 2.75) is 45.2 Å². The van der Waals surface area contributed by atoms with Crippen LogP contribution in [0.1, 0.15) is 42.0 Å². The van der Waals surface area contributed by atoms with E-state index in [4.69, 9.17) is 0 Å². The van der Waals surface area contributed by atoms with Crippen LogP contribution in [0.4, 0.5) is 4.39 Å². The number of aromatic nitrogens is 2. The zero-order valence-corrected chi connectivity index (χ0v) is 15.9. The Kier molecular flexibility index (Phi) is 5.34. The molecule has 0 bridgehead atoms. The Hall–Kier alpha value is -1.92. The summed E-state index contributed by atoms with van der Waals surface area (Å²) in [6.45, 7) is 5.61. The zero-order chi connectivity index (χ0) is 17.6. The molecule has 5 nitrogen and oxygen atoms in total. The van der Waals surface area contributed by atoms with Crippen LogP contribution in [0, 0.1) is 5.82 Å². The Morgan fingerprint density at radius 2 is 2.04 bits per heavy atom. The van der Waals surface area contributed by atoms with Crippen molar-refractivity contribution in [3.05, 3.63) is 47.0 Å². The number of carbonyl (C=O) groups excluding carboxylic acids is 1. The first kappa shape index (κ1) is 18.9. The highest BCUT2D eigenvalue weighted by Gasteiger charge is 2.34. The summed E-state index contributed by atoms with van der Waals surface area (Å²) in [7, 11) is 0. The van der Waals surface area contributed by atoms with E-state index in [2.05, 4.69) is 24.3 Å². The molecule has 2 unspecified atom stereocenters. The molecule has 1 aliphatic carbocycles. The van der Waals surface area contributed by atoms with Crippen LogP contribution in [0.5, 0.6) is 0 Å². The molecule has 1 fully saturated rings. The summed E-state index contributed by atoms with van der Waals surface area (Å²) < 4.78 is 15.9.